The van der Waals surface area contributed by atoms with Crippen molar-refractivity contribution in [1.82, 2.24) is 4.90 Å². The van der Waals surface area contributed by atoms with Crippen molar-refractivity contribution in [3.63, 3.8) is 0 Å². The van der Waals surface area contributed by atoms with Crippen LogP contribution in [0.1, 0.15) is 44.9 Å². The van der Waals surface area contributed by atoms with Crippen molar-refractivity contribution in [2.24, 2.45) is 0 Å². The molecular weight excluding hydrogens is 464 g/mol. The molecule has 0 saturated heterocycles. The van der Waals surface area contributed by atoms with E-state index in [-0.39, 0.29) is 28.3 Å². The SMILES string of the molecule is CCOC(=O)c1c(-c2ccc(Cl)cc2)csc1NC(=O)[C@@H](C)N1C(=O)c2ccccc2C1=O. The van der Waals surface area contributed by atoms with Crippen LogP contribution in [0.5, 0.6) is 0 Å². The first kappa shape index (κ1) is 22.7. The van der Waals surface area contributed by atoms with Gasteiger partial charge in [-0.05, 0) is 43.7 Å². The maximum Gasteiger partial charge on any atom is 0.341 e. The van der Waals surface area contributed by atoms with Crippen molar-refractivity contribution >= 4 is 51.6 Å². The lowest BCUT2D eigenvalue weighted by Gasteiger charge is -2.21. The van der Waals surface area contributed by atoms with Crippen LogP contribution >= 0.6 is 22.9 Å². The third-order valence-electron chi connectivity index (χ3n) is 5.25. The topological polar surface area (TPSA) is 92.8 Å². The van der Waals surface area contributed by atoms with Crippen molar-refractivity contribution in [2.75, 3.05) is 11.9 Å². The highest BCUT2D eigenvalue weighted by Gasteiger charge is 2.41. The van der Waals surface area contributed by atoms with Crippen LogP contribution in [0.2, 0.25) is 5.02 Å². The zero-order valence-corrected chi connectivity index (χ0v) is 19.3. The molecule has 1 aliphatic heterocycles. The highest BCUT2D eigenvalue weighted by molar-refractivity contribution is 7.15. The maximum absolute atomic E-state index is 13.0. The van der Waals surface area contributed by atoms with Gasteiger partial charge in [-0.2, -0.15) is 0 Å². The molecule has 0 unspecified atom stereocenters. The monoisotopic (exact) mass is 482 g/mol. The van der Waals surface area contributed by atoms with Gasteiger partial charge in [0.25, 0.3) is 11.8 Å². The Kier molecular flexibility index (Phi) is 6.31. The average molecular weight is 483 g/mol. The second-order valence-electron chi connectivity index (χ2n) is 7.27. The number of nitrogens with zero attached hydrogens (tertiary/aromatic N) is 1. The van der Waals surface area contributed by atoms with Crippen LogP contribution in [0.25, 0.3) is 11.1 Å². The normalized spacial score (nSPS) is 13.6. The number of ether oxygens (including phenoxy) is 1. The van der Waals surface area contributed by atoms with Gasteiger partial charge in [0.15, 0.2) is 0 Å². The number of imide groups is 1. The number of benzene rings is 2. The lowest BCUT2D eigenvalue weighted by atomic mass is 10.0. The Morgan fingerprint density at radius 3 is 2.21 bits per heavy atom. The molecule has 1 aromatic heterocycles. The van der Waals surface area contributed by atoms with E-state index in [9.17, 15) is 19.2 Å². The number of amides is 3. The number of esters is 1. The molecule has 9 heteroatoms. The Balaban J connectivity index is 1.63. The summed E-state index contributed by atoms with van der Waals surface area (Å²) in [5.41, 5.74) is 2.03. The van der Waals surface area contributed by atoms with Crippen LogP contribution in [-0.2, 0) is 9.53 Å². The third-order valence-corrected chi connectivity index (χ3v) is 6.40. The summed E-state index contributed by atoms with van der Waals surface area (Å²) in [4.78, 5) is 52.2. The quantitative estimate of drug-likeness (QED) is 0.399. The predicted octanol–water partition coefficient (Wildman–Crippen LogP) is 4.87. The van der Waals surface area contributed by atoms with Gasteiger partial charge in [-0.1, -0.05) is 35.9 Å². The zero-order valence-electron chi connectivity index (χ0n) is 17.8. The Bertz CT molecular complexity index is 1230. The summed E-state index contributed by atoms with van der Waals surface area (Å²) in [5, 5.41) is 5.26. The molecule has 0 aliphatic carbocycles. The van der Waals surface area contributed by atoms with E-state index in [1.165, 1.54) is 6.92 Å². The van der Waals surface area contributed by atoms with Crippen LogP contribution in [0, 0.1) is 0 Å². The second-order valence-corrected chi connectivity index (χ2v) is 8.59. The van der Waals surface area contributed by atoms with E-state index in [2.05, 4.69) is 5.32 Å². The lowest BCUT2D eigenvalue weighted by Crippen LogP contribution is -2.45. The van der Waals surface area contributed by atoms with Gasteiger partial charge >= 0.3 is 5.97 Å². The minimum atomic E-state index is -1.09. The number of thiophene rings is 1. The Morgan fingerprint density at radius 1 is 1.03 bits per heavy atom. The summed E-state index contributed by atoms with van der Waals surface area (Å²) >= 11 is 7.13. The molecule has 1 aliphatic rings. The summed E-state index contributed by atoms with van der Waals surface area (Å²) in [6.45, 7) is 3.32. The smallest absolute Gasteiger partial charge is 0.341 e. The van der Waals surface area contributed by atoms with E-state index in [4.69, 9.17) is 16.3 Å². The highest BCUT2D eigenvalue weighted by atomic mass is 35.5. The number of hydrogen-bond acceptors (Lipinski definition) is 6. The molecule has 0 fully saturated rings. The molecule has 2 aromatic carbocycles. The van der Waals surface area contributed by atoms with Crippen LogP contribution in [0.3, 0.4) is 0 Å². The Hall–Kier alpha value is -3.49. The molecule has 168 valence electrons. The van der Waals surface area contributed by atoms with Crippen molar-refractivity contribution < 1.29 is 23.9 Å². The molecule has 0 bridgehead atoms. The van der Waals surface area contributed by atoms with Gasteiger partial charge in [0.05, 0.1) is 17.7 Å². The van der Waals surface area contributed by atoms with Crippen LogP contribution < -0.4 is 5.32 Å². The van der Waals surface area contributed by atoms with E-state index in [0.29, 0.717) is 10.6 Å². The van der Waals surface area contributed by atoms with Crippen LogP contribution in [0.15, 0.2) is 53.9 Å². The molecule has 3 aromatic rings. The first-order chi connectivity index (χ1) is 15.8. The summed E-state index contributed by atoms with van der Waals surface area (Å²) in [5.74, 6) is -2.25. The van der Waals surface area contributed by atoms with Gasteiger partial charge in [0, 0.05) is 16.0 Å². The predicted molar refractivity (Wildman–Crippen MR) is 126 cm³/mol. The third kappa shape index (κ3) is 4.15. The van der Waals surface area contributed by atoms with Gasteiger partial charge in [0.2, 0.25) is 5.91 Å². The molecule has 1 atom stereocenters. The minimum Gasteiger partial charge on any atom is -0.462 e. The van der Waals surface area contributed by atoms with Gasteiger partial charge in [0.1, 0.15) is 16.6 Å². The highest BCUT2D eigenvalue weighted by Crippen LogP contribution is 2.37. The number of fused-ring (bicyclic) bond motifs is 1. The number of anilines is 1. The first-order valence-electron chi connectivity index (χ1n) is 10.2. The summed E-state index contributed by atoms with van der Waals surface area (Å²) in [6, 6.07) is 12.3. The summed E-state index contributed by atoms with van der Waals surface area (Å²) in [6.07, 6.45) is 0. The standard InChI is InChI=1S/C24H19ClN2O5S/c1-3-32-24(31)19-18(14-8-10-15(25)11-9-14)12-33-21(19)26-20(28)13(2)27-22(29)16-6-4-5-7-17(16)23(27)30/h4-13H,3H2,1-2H3,(H,26,28)/t13-/m1/s1. The van der Waals surface area contributed by atoms with Crippen molar-refractivity contribution in [3.8, 4) is 11.1 Å². The zero-order chi connectivity index (χ0) is 23.7. The molecule has 2 heterocycles. The number of halogens is 1. The van der Waals surface area contributed by atoms with Crippen molar-refractivity contribution in [3.05, 3.63) is 75.6 Å². The number of carbonyl (C=O) groups excluding carboxylic acids is 4. The lowest BCUT2D eigenvalue weighted by molar-refractivity contribution is -0.119. The molecule has 0 spiro atoms. The van der Waals surface area contributed by atoms with Crippen molar-refractivity contribution in [1.29, 1.82) is 0 Å². The van der Waals surface area contributed by atoms with Crippen LogP contribution in [0.4, 0.5) is 5.00 Å². The molecule has 0 radical (unpaired) electrons. The Morgan fingerprint density at radius 2 is 1.64 bits per heavy atom. The first-order valence-corrected chi connectivity index (χ1v) is 11.4. The van der Waals surface area contributed by atoms with E-state index < -0.39 is 29.7 Å². The molecule has 1 N–H and O–H groups in total. The van der Waals surface area contributed by atoms with Gasteiger partial charge in [-0.15, -0.1) is 11.3 Å². The van der Waals surface area contributed by atoms with Gasteiger partial charge in [-0.3, -0.25) is 19.3 Å². The van der Waals surface area contributed by atoms with Gasteiger partial charge < -0.3 is 10.1 Å². The van der Waals surface area contributed by atoms with Crippen LogP contribution in [-0.4, -0.2) is 41.2 Å². The van der Waals surface area contributed by atoms with E-state index in [1.54, 1.807) is 60.8 Å². The molecule has 4 rings (SSSR count). The fourth-order valence-corrected chi connectivity index (χ4v) is 4.68. The minimum absolute atomic E-state index is 0.160. The molecule has 7 nitrogen and oxygen atoms in total. The number of nitrogens with one attached hydrogen (secondary N) is 1. The maximum atomic E-state index is 13.0. The number of carbonyl (C=O) groups is 4. The molecule has 3 amide bonds. The Labute approximate surface area is 198 Å². The average Bonchev–Trinajstić information content (AvgIpc) is 3.33. The summed E-state index contributed by atoms with van der Waals surface area (Å²) in [7, 11) is 0. The largest absolute Gasteiger partial charge is 0.462 e. The summed E-state index contributed by atoms with van der Waals surface area (Å²) < 4.78 is 5.20. The number of rotatable bonds is 6. The van der Waals surface area contributed by atoms with Crippen molar-refractivity contribution in [2.45, 2.75) is 19.9 Å². The van der Waals surface area contributed by atoms with E-state index in [0.717, 1.165) is 21.8 Å². The number of hydrogen-bond donors (Lipinski definition) is 1. The van der Waals surface area contributed by atoms with Gasteiger partial charge in [-0.25, -0.2) is 4.79 Å². The van der Waals surface area contributed by atoms with E-state index >= 15 is 0 Å². The molecular formula is C24H19ClN2O5S. The van der Waals surface area contributed by atoms with E-state index in [1.807, 2.05) is 0 Å². The molecule has 0 saturated carbocycles. The fourth-order valence-electron chi connectivity index (χ4n) is 3.59. The second kappa shape index (κ2) is 9.17. The molecule has 33 heavy (non-hydrogen) atoms. The fraction of sp³-hybridized carbons (Fsp3) is 0.167.